The van der Waals surface area contributed by atoms with E-state index in [1.807, 2.05) is 12.1 Å². The topological polar surface area (TPSA) is 68.0 Å². The van der Waals surface area contributed by atoms with Crippen molar-refractivity contribution in [1.29, 1.82) is 0 Å². The number of nitrogens with one attached hydrogen (secondary N) is 1. The van der Waals surface area contributed by atoms with E-state index in [9.17, 15) is 4.79 Å². The van der Waals surface area contributed by atoms with Crippen LogP contribution in [0.5, 0.6) is 0 Å². The van der Waals surface area contributed by atoms with Crippen LogP contribution in [0.25, 0.3) is 11.4 Å². The summed E-state index contributed by atoms with van der Waals surface area (Å²) in [4.78, 5) is 15.9. The van der Waals surface area contributed by atoms with Crippen LogP contribution in [0.2, 0.25) is 5.02 Å². The Morgan fingerprint density at radius 1 is 1.55 bits per heavy atom. The van der Waals surface area contributed by atoms with Crippen LogP contribution >= 0.6 is 11.6 Å². The Kier molecular flexibility index (Phi) is 3.44. The van der Waals surface area contributed by atoms with E-state index < -0.39 is 0 Å². The lowest BCUT2D eigenvalue weighted by atomic mass is 10.2. The van der Waals surface area contributed by atoms with Crippen molar-refractivity contribution in [3.05, 3.63) is 35.2 Å². The monoisotopic (exact) mass is 291 g/mol. The first-order valence-electron chi connectivity index (χ1n) is 6.49. The summed E-state index contributed by atoms with van der Waals surface area (Å²) in [6.07, 6.45) is 0.962. The largest absolute Gasteiger partial charge is 0.347 e. The highest BCUT2D eigenvalue weighted by molar-refractivity contribution is 6.30. The molecule has 1 N–H and O–H groups in total. The number of hydrogen-bond donors (Lipinski definition) is 1. The molecule has 1 heterocycles. The fraction of sp³-hybridized carbons (Fsp3) is 0.357. The van der Waals surface area contributed by atoms with Crippen molar-refractivity contribution < 1.29 is 9.32 Å². The zero-order valence-electron chi connectivity index (χ0n) is 11.0. The molecule has 1 amide bonds. The smallest absolute Gasteiger partial charge is 0.246 e. The second-order valence-corrected chi connectivity index (χ2v) is 5.50. The van der Waals surface area contributed by atoms with Crippen molar-refractivity contribution in [2.45, 2.75) is 19.9 Å². The third-order valence-electron chi connectivity index (χ3n) is 3.41. The second-order valence-electron chi connectivity index (χ2n) is 5.06. The van der Waals surface area contributed by atoms with Crippen molar-refractivity contribution in [2.75, 3.05) is 0 Å². The third-order valence-corrected chi connectivity index (χ3v) is 3.65. The van der Waals surface area contributed by atoms with E-state index in [0.29, 0.717) is 22.7 Å². The molecule has 0 aliphatic heterocycles. The van der Waals surface area contributed by atoms with Crippen LogP contribution in [-0.2, 0) is 11.3 Å². The molecule has 1 fully saturated rings. The van der Waals surface area contributed by atoms with Crippen LogP contribution in [0, 0.1) is 11.8 Å². The maximum absolute atomic E-state index is 11.7. The average Bonchev–Trinajstić information content (AvgIpc) is 2.99. The Labute approximate surface area is 121 Å². The van der Waals surface area contributed by atoms with Gasteiger partial charge in [-0.15, -0.1) is 0 Å². The average molecular weight is 292 g/mol. The molecule has 0 saturated heterocycles. The van der Waals surface area contributed by atoms with Crippen LogP contribution < -0.4 is 5.32 Å². The molecule has 5 nitrogen and oxygen atoms in total. The molecule has 1 aromatic heterocycles. The molecule has 1 saturated carbocycles. The van der Waals surface area contributed by atoms with Gasteiger partial charge in [0, 0.05) is 16.5 Å². The van der Waals surface area contributed by atoms with Gasteiger partial charge in [-0.3, -0.25) is 4.79 Å². The Hall–Kier alpha value is -1.88. The molecule has 1 aromatic carbocycles. The minimum Gasteiger partial charge on any atom is -0.347 e. The van der Waals surface area contributed by atoms with E-state index >= 15 is 0 Å². The normalized spacial score (nSPS) is 20.7. The predicted octanol–water partition coefficient (Wildman–Crippen LogP) is 2.66. The van der Waals surface area contributed by atoms with Crippen molar-refractivity contribution in [1.82, 2.24) is 15.5 Å². The van der Waals surface area contributed by atoms with Gasteiger partial charge in [0.1, 0.15) is 0 Å². The summed E-state index contributed by atoms with van der Waals surface area (Å²) in [6, 6.07) is 7.22. The third kappa shape index (κ3) is 2.82. The molecule has 0 bridgehead atoms. The first-order valence-corrected chi connectivity index (χ1v) is 6.87. The van der Waals surface area contributed by atoms with Crippen LogP contribution in [-0.4, -0.2) is 16.0 Å². The van der Waals surface area contributed by atoms with Gasteiger partial charge >= 0.3 is 0 Å². The molecule has 0 spiro atoms. The van der Waals surface area contributed by atoms with Gasteiger partial charge in [0.2, 0.25) is 17.6 Å². The van der Waals surface area contributed by atoms with Crippen molar-refractivity contribution in [3.8, 4) is 11.4 Å². The molecule has 104 valence electrons. The molecule has 2 aromatic rings. The summed E-state index contributed by atoms with van der Waals surface area (Å²) in [5.74, 6) is 1.54. The number of aromatic nitrogens is 2. The molecular weight excluding hydrogens is 278 g/mol. The van der Waals surface area contributed by atoms with Gasteiger partial charge in [0.05, 0.1) is 6.54 Å². The SMILES string of the molecule is C[C@@H]1C[C@H]1C(=O)NCc1nc(-c2cccc(Cl)c2)no1. The second kappa shape index (κ2) is 5.25. The van der Waals surface area contributed by atoms with Crippen molar-refractivity contribution in [3.63, 3.8) is 0 Å². The number of hydrogen-bond acceptors (Lipinski definition) is 4. The lowest BCUT2D eigenvalue weighted by Gasteiger charge is -1.99. The Bertz CT molecular complexity index is 641. The Morgan fingerprint density at radius 2 is 2.35 bits per heavy atom. The van der Waals surface area contributed by atoms with Gasteiger partial charge in [-0.2, -0.15) is 4.98 Å². The van der Waals surface area contributed by atoms with E-state index in [0.717, 1.165) is 12.0 Å². The van der Waals surface area contributed by atoms with Crippen LogP contribution in [0.3, 0.4) is 0 Å². The fourth-order valence-corrected chi connectivity index (χ4v) is 2.24. The predicted molar refractivity (Wildman–Crippen MR) is 73.9 cm³/mol. The summed E-state index contributed by atoms with van der Waals surface area (Å²) in [5.41, 5.74) is 0.787. The number of benzene rings is 1. The number of rotatable bonds is 4. The summed E-state index contributed by atoms with van der Waals surface area (Å²) < 4.78 is 5.12. The maximum Gasteiger partial charge on any atom is 0.246 e. The molecule has 1 aliphatic rings. The zero-order chi connectivity index (χ0) is 14.1. The van der Waals surface area contributed by atoms with Gasteiger partial charge in [-0.25, -0.2) is 0 Å². The number of nitrogens with zero attached hydrogens (tertiary/aromatic N) is 2. The number of carbonyl (C=O) groups excluding carboxylic acids is 1. The van der Waals surface area contributed by atoms with E-state index in [-0.39, 0.29) is 18.4 Å². The van der Waals surface area contributed by atoms with Gasteiger partial charge in [-0.1, -0.05) is 35.8 Å². The van der Waals surface area contributed by atoms with Gasteiger partial charge in [0.25, 0.3) is 0 Å². The van der Waals surface area contributed by atoms with E-state index in [1.54, 1.807) is 12.1 Å². The maximum atomic E-state index is 11.7. The van der Waals surface area contributed by atoms with Crippen molar-refractivity contribution in [2.24, 2.45) is 11.8 Å². The number of halogens is 1. The van der Waals surface area contributed by atoms with Gasteiger partial charge in [-0.05, 0) is 24.5 Å². The van der Waals surface area contributed by atoms with Crippen molar-refractivity contribution >= 4 is 17.5 Å². The van der Waals surface area contributed by atoms with E-state index in [2.05, 4.69) is 22.4 Å². The van der Waals surface area contributed by atoms with E-state index in [1.165, 1.54) is 0 Å². The minimum atomic E-state index is 0.0556. The highest BCUT2D eigenvalue weighted by Crippen LogP contribution is 2.37. The van der Waals surface area contributed by atoms with Crippen LogP contribution in [0.15, 0.2) is 28.8 Å². The standard InChI is InChI=1S/C14H14ClN3O2/c1-8-5-11(8)14(19)16-7-12-17-13(18-20-12)9-3-2-4-10(15)6-9/h2-4,6,8,11H,5,7H2,1H3,(H,16,19)/t8-,11-/m1/s1. The highest BCUT2D eigenvalue weighted by atomic mass is 35.5. The molecule has 6 heteroatoms. The number of carbonyl (C=O) groups is 1. The van der Waals surface area contributed by atoms with Crippen LogP contribution in [0.4, 0.5) is 0 Å². The molecule has 20 heavy (non-hydrogen) atoms. The lowest BCUT2D eigenvalue weighted by molar-refractivity contribution is -0.122. The summed E-state index contributed by atoms with van der Waals surface area (Å²) in [6.45, 7) is 2.32. The molecule has 0 radical (unpaired) electrons. The summed E-state index contributed by atoms with van der Waals surface area (Å²) in [7, 11) is 0. The number of amides is 1. The van der Waals surface area contributed by atoms with Gasteiger partial charge < -0.3 is 9.84 Å². The Morgan fingerprint density at radius 3 is 3.05 bits per heavy atom. The molecule has 1 aliphatic carbocycles. The molecule has 2 atom stereocenters. The summed E-state index contributed by atoms with van der Waals surface area (Å²) >= 11 is 5.92. The van der Waals surface area contributed by atoms with E-state index in [4.69, 9.17) is 16.1 Å². The first-order chi connectivity index (χ1) is 9.63. The summed E-state index contributed by atoms with van der Waals surface area (Å²) in [5, 5.41) is 7.31. The zero-order valence-corrected chi connectivity index (χ0v) is 11.7. The molecular formula is C14H14ClN3O2. The lowest BCUT2D eigenvalue weighted by Crippen LogP contribution is -2.24. The molecule has 3 rings (SSSR count). The first kappa shape index (κ1) is 13.1. The minimum absolute atomic E-state index is 0.0556. The Balaban J connectivity index is 1.63. The molecule has 0 unspecified atom stereocenters. The van der Waals surface area contributed by atoms with Gasteiger partial charge in [0.15, 0.2) is 0 Å². The fourth-order valence-electron chi connectivity index (χ4n) is 2.05. The van der Waals surface area contributed by atoms with Crippen LogP contribution in [0.1, 0.15) is 19.2 Å². The highest BCUT2D eigenvalue weighted by Gasteiger charge is 2.38. The quantitative estimate of drug-likeness (QED) is 0.940.